The zero-order valence-corrected chi connectivity index (χ0v) is 12.4. The van der Waals surface area contributed by atoms with Crippen LogP contribution in [0.25, 0.3) is 0 Å². The summed E-state index contributed by atoms with van der Waals surface area (Å²) in [6.07, 6.45) is 0. The summed E-state index contributed by atoms with van der Waals surface area (Å²) < 4.78 is 39.7. The number of sulfonamides is 1. The zero-order valence-electron chi connectivity index (χ0n) is 10.0. The average molecular weight is 332 g/mol. The molecule has 9 heteroatoms. The zero-order chi connectivity index (χ0) is 14.9. The van der Waals surface area contributed by atoms with Crippen LogP contribution in [-0.2, 0) is 10.0 Å². The molecule has 0 aliphatic rings. The van der Waals surface area contributed by atoms with Gasteiger partial charge in [-0.1, -0.05) is 22.9 Å². The van der Waals surface area contributed by atoms with Crippen molar-refractivity contribution in [1.29, 1.82) is 5.26 Å². The number of hydrogen-bond donors (Lipinski definition) is 1. The van der Waals surface area contributed by atoms with Gasteiger partial charge in [0.15, 0.2) is 8.68 Å². The topological polar surface area (TPSA) is 82.8 Å². The highest BCUT2D eigenvalue weighted by Gasteiger charge is 2.22. The molecule has 20 heavy (non-hydrogen) atoms. The third-order valence-electron chi connectivity index (χ3n) is 2.32. The van der Waals surface area contributed by atoms with Crippen molar-refractivity contribution in [2.45, 2.75) is 11.1 Å². The molecule has 0 radical (unpaired) electrons. The number of aryl methyl sites for hydroxylation is 1. The highest BCUT2D eigenvalue weighted by molar-refractivity contribution is 7.94. The minimum absolute atomic E-state index is 0.00202. The number of benzene rings is 1. The molecular formula is C11H7ClFN3O2S2. The van der Waals surface area contributed by atoms with Gasteiger partial charge in [-0.2, -0.15) is 5.26 Å². The van der Waals surface area contributed by atoms with Gasteiger partial charge in [0.1, 0.15) is 11.9 Å². The maximum atomic E-state index is 13.0. The van der Waals surface area contributed by atoms with Crippen LogP contribution in [0.4, 0.5) is 10.1 Å². The summed E-state index contributed by atoms with van der Waals surface area (Å²) in [6, 6.07) is 4.92. The van der Waals surface area contributed by atoms with Crippen molar-refractivity contribution in [3.63, 3.8) is 0 Å². The van der Waals surface area contributed by atoms with E-state index in [0.29, 0.717) is 0 Å². The molecule has 0 atom stereocenters. The lowest BCUT2D eigenvalue weighted by Crippen LogP contribution is -2.13. The molecule has 0 aliphatic heterocycles. The van der Waals surface area contributed by atoms with Crippen LogP contribution in [-0.4, -0.2) is 13.4 Å². The molecular weight excluding hydrogens is 325 g/mol. The Morgan fingerprint density at radius 3 is 2.75 bits per heavy atom. The van der Waals surface area contributed by atoms with Crippen molar-refractivity contribution in [3.05, 3.63) is 39.7 Å². The largest absolute Gasteiger partial charge is 0.278 e. The van der Waals surface area contributed by atoms with Crippen molar-refractivity contribution in [3.8, 4) is 6.07 Å². The molecule has 2 rings (SSSR count). The maximum absolute atomic E-state index is 13.0. The molecule has 0 fully saturated rings. The molecule has 0 amide bonds. The Kier molecular flexibility index (Phi) is 3.94. The Morgan fingerprint density at radius 1 is 1.50 bits per heavy atom. The normalized spacial score (nSPS) is 11.1. The summed E-state index contributed by atoms with van der Waals surface area (Å²) in [6.45, 7) is 1.51. The number of nitriles is 1. The Balaban J connectivity index is 2.44. The van der Waals surface area contributed by atoms with E-state index in [9.17, 15) is 12.8 Å². The second kappa shape index (κ2) is 5.36. The molecule has 0 unspecified atom stereocenters. The van der Waals surface area contributed by atoms with Gasteiger partial charge in [-0.15, -0.1) is 0 Å². The molecule has 2 aromatic rings. The van der Waals surface area contributed by atoms with Crippen LogP contribution in [0.3, 0.4) is 0 Å². The van der Waals surface area contributed by atoms with E-state index < -0.39 is 15.8 Å². The summed E-state index contributed by atoms with van der Waals surface area (Å²) in [7, 11) is -3.92. The Morgan fingerprint density at radius 2 is 2.20 bits per heavy atom. The number of hydrogen-bond acceptors (Lipinski definition) is 5. The third-order valence-corrected chi connectivity index (χ3v) is 5.56. The van der Waals surface area contributed by atoms with E-state index in [4.69, 9.17) is 16.9 Å². The maximum Gasteiger partial charge on any atom is 0.273 e. The van der Waals surface area contributed by atoms with Gasteiger partial charge < -0.3 is 0 Å². The number of anilines is 1. The molecule has 0 saturated carbocycles. The smallest absolute Gasteiger partial charge is 0.273 e. The molecule has 0 aliphatic carbocycles. The highest BCUT2D eigenvalue weighted by Crippen LogP contribution is 2.29. The van der Waals surface area contributed by atoms with Gasteiger partial charge in [-0.25, -0.2) is 17.8 Å². The van der Waals surface area contributed by atoms with Gasteiger partial charge in [0.2, 0.25) is 0 Å². The average Bonchev–Trinajstić information content (AvgIpc) is 2.71. The first kappa shape index (κ1) is 14.7. The van der Waals surface area contributed by atoms with E-state index in [1.807, 2.05) is 0 Å². The highest BCUT2D eigenvalue weighted by atomic mass is 35.5. The van der Waals surface area contributed by atoms with Gasteiger partial charge in [0, 0.05) is 0 Å². The SMILES string of the molecule is Cc1nc(Cl)sc1S(=O)(=O)Nc1ccc(F)cc1C#N. The summed E-state index contributed by atoms with van der Waals surface area (Å²) in [5, 5.41) is 8.89. The monoisotopic (exact) mass is 331 g/mol. The molecule has 5 nitrogen and oxygen atoms in total. The third kappa shape index (κ3) is 2.90. The lowest BCUT2D eigenvalue weighted by Gasteiger charge is -2.08. The van der Waals surface area contributed by atoms with Crippen LogP contribution in [0.1, 0.15) is 11.3 Å². The lowest BCUT2D eigenvalue weighted by atomic mass is 10.2. The quantitative estimate of drug-likeness (QED) is 0.937. The summed E-state index contributed by atoms with van der Waals surface area (Å²) in [4.78, 5) is 3.82. The fraction of sp³-hybridized carbons (Fsp3) is 0.0909. The number of thiazole rings is 1. The summed E-state index contributed by atoms with van der Waals surface area (Å²) in [5.74, 6) is -0.624. The van der Waals surface area contributed by atoms with E-state index in [0.717, 1.165) is 23.5 Å². The van der Waals surface area contributed by atoms with Crippen molar-refractivity contribution in [2.75, 3.05) is 4.72 Å². The van der Waals surface area contributed by atoms with Gasteiger partial charge in [0.05, 0.1) is 16.9 Å². The van der Waals surface area contributed by atoms with Crippen LogP contribution in [0.15, 0.2) is 22.4 Å². The number of halogens is 2. The van der Waals surface area contributed by atoms with Gasteiger partial charge >= 0.3 is 0 Å². The first-order valence-electron chi connectivity index (χ1n) is 5.19. The van der Waals surface area contributed by atoms with E-state index in [1.54, 1.807) is 6.07 Å². The second-order valence-electron chi connectivity index (χ2n) is 3.75. The molecule has 104 valence electrons. The van der Waals surface area contributed by atoms with E-state index >= 15 is 0 Å². The van der Waals surface area contributed by atoms with Crippen LogP contribution in [0, 0.1) is 24.1 Å². The van der Waals surface area contributed by atoms with Crippen molar-refractivity contribution in [1.82, 2.24) is 4.98 Å². The Bertz CT molecular complexity index is 812. The Hall–Kier alpha value is -1.69. The predicted octanol–water partition coefficient (Wildman–Crippen LogP) is 2.92. The van der Waals surface area contributed by atoms with Crippen LogP contribution >= 0.6 is 22.9 Å². The first-order chi connectivity index (χ1) is 9.33. The minimum atomic E-state index is -3.92. The van der Waals surface area contributed by atoms with Gasteiger partial charge in [-0.05, 0) is 25.1 Å². The predicted molar refractivity (Wildman–Crippen MR) is 73.8 cm³/mol. The van der Waals surface area contributed by atoms with E-state index in [2.05, 4.69) is 9.71 Å². The minimum Gasteiger partial charge on any atom is -0.278 e. The molecule has 1 heterocycles. The second-order valence-corrected chi connectivity index (χ2v) is 7.21. The van der Waals surface area contributed by atoms with E-state index in [1.165, 1.54) is 13.0 Å². The van der Waals surface area contributed by atoms with Crippen LogP contribution in [0.2, 0.25) is 4.47 Å². The number of rotatable bonds is 3. The van der Waals surface area contributed by atoms with Crippen molar-refractivity contribution < 1.29 is 12.8 Å². The van der Waals surface area contributed by atoms with E-state index in [-0.39, 0.29) is 25.6 Å². The Labute approximate surface area is 123 Å². The first-order valence-corrected chi connectivity index (χ1v) is 7.86. The molecule has 0 saturated heterocycles. The molecule has 1 N–H and O–H groups in total. The molecule has 0 bridgehead atoms. The van der Waals surface area contributed by atoms with Gasteiger partial charge in [0.25, 0.3) is 10.0 Å². The molecule has 1 aromatic carbocycles. The number of nitrogens with one attached hydrogen (secondary N) is 1. The summed E-state index contributed by atoms with van der Waals surface area (Å²) in [5.41, 5.74) is 0.146. The van der Waals surface area contributed by atoms with Gasteiger partial charge in [-0.3, -0.25) is 4.72 Å². The van der Waals surface area contributed by atoms with Crippen molar-refractivity contribution in [2.24, 2.45) is 0 Å². The number of aromatic nitrogens is 1. The molecule has 1 aromatic heterocycles. The van der Waals surface area contributed by atoms with Crippen molar-refractivity contribution >= 4 is 38.6 Å². The summed E-state index contributed by atoms with van der Waals surface area (Å²) >= 11 is 6.47. The lowest BCUT2D eigenvalue weighted by molar-refractivity contribution is 0.602. The molecule has 0 spiro atoms. The van der Waals surface area contributed by atoms with Crippen LogP contribution < -0.4 is 4.72 Å². The number of nitrogens with zero attached hydrogens (tertiary/aromatic N) is 2. The fourth-order valence-corrected chi connectivity index (χ4v) is 4.31. The fourth-order valence-electron chi connectivity index (χ4n) is 1.49. The standard InChI is InChI=1S/C11H7ClFN3O2S2/c1-6-10(19-11(12)15-6)20(17,18)16-9-3-2-8(13)4-7(9)5-14/h2-4,16H,1H3. The van der Waals surface area contributed by atoms with Crippen LogP contribution in [0.5, 0.6) is 0 Å².